The number of aliphatic carboxylic acids is 1. The molecule has 4 heteroatoms. The molecule has 0 aromatic carbocycles. The van der Waals surface area contributed by atoms with E-state index in [4.69, 9.17) is 5.11 Å². The highest BCUT2D eigenvalue weighted by Crippen LogP contribution is 2.13. The summed E-state index contributed by atoms with van der Waals surface area (Å²) in [5.74, 6) is -0.868. The normalized spacial score (nSPS) is 14.0. The molecule has 0 aliphatic carbocycles. The summed E-state index contributed by atoms with van der Waals surface area (Å²) >= 11 is 0. The van der Waals surface area contributed by atoms with Crippen LogP contribution in [0.2, 0.25) is 0 Å². The summed E-state index contributed by atoms with van der Waals surface area (Å²) in [6.07, 6.45) is 22.6. The molecule has 1 unspecified atom stereocenters. The summed E-state index contributed by atoms with van der Waals surface area (Å²) in [6.45, 7) is 2.22. The van der Waals surface area contributed by atoms with Gasteiger partial charge in [-0.05, 0) is 37.8 Å². The van der Waals surface area contributed by atoms with Gasteiger partial charge in [0.15, 0.2) is 0 Å². The number of unbranched alkanes of at least 4 members (excludes halogenated alkanes) is 7. The third-order valence-corrected chi connectivity index (χ3v) is 4.07. The van der Waals surface area contributed by atoms with Crippen molar-refractivity contribution < 1.29 is 20.1 Å². The van der Waals surface area contributed by atoms with Crippen molar-refractivity contribution in [3.8, 4) is 0 Å². The van der Waals surface area contributed by atoms with Crippen LogP contribution >= 0.6 is 0 Å². The van der Waals surface area contributed by atoms with Crippen LogP contribution in [0.4, 0.5) is 0 Å². The molecule has 0 radical (unpaired) electrons. The first-order valence-corrected chi connectivity index (χ1v) is 9.87. The maximum Gasteiger partial charge on any atom is 0.328 e. The number of aliphatic hydroxyl groups excluding tert-OH is 2. The minimum Gasteiger partial charge on any atom is -0.508 e. The van der Waals surface area contributed by atoms with E-state index in [0.29, 0.717) is 0 Å². The fourth-order valence-corrected chi connectivity index (χ4v) is 2.56. The fraction of sp³-hybridized carbons (Fsp3) is 0.591. The summed E-state index contributed by atoms with van der Waals surface area (Å²) in [5, 5.41) is 28.0. The van der Waals surface area contributed by atoms with Crippen molar-refractivity contribution in [1.82, 2.24) is 0 Å². The van der Waals surface area contributed by atoms with Gasteiger partial charge in [0, 0.05) is 6.08 Å². The van der Waals surface area contributed by atoms with Gasteiger partial charge in [-0.3, -0.25) is 0 Å². The summed E-state index contributed by atoms with van der Waals surface area (Å²) in [5.41, 5.74) is 0. The molecule has 0 saturated heterocycles. The molecule has 0 bridgehead atoms. The molecule has 0 saturated carbocycles. The number of aliphatic hydroxyl groups is 2. The Kier molecular flexibility index (Phi) is 16.7. The average Bonchev–Trinajstić information content (AvgIpc) is 2.60. The molecule has 1 atom stereocenters. The lowest BCUT2D eigenvalue weighted by Gasteiger charge is -2.09. The Bertz CT molecular complexity index is 461. The lowest BCUT2D eigenvalue weighted by atomic mass is 10.0. The first kappa shape index (κ1) is 24.2. The zero-order valence-corrected chi connectivity index (χ0v) is 16.1. The monoisotopic (exact) mass is 364 g/mol. The van der Waals surface area contributed by atoms with E-state index in [0.717, 1.165) is 44.6 Å². The van der Waals surface area contributed by atoms with E-state index in [1.807, 2.05) is 6.08 Å². The number of carbonyl (C=O) groups is 1. The molecule has 0 aliphatic rings. The van der Waals surface area contributed by atoms with Gasteiger partial charge >= 0.3 is 5.97 Å². The number of carboxylic acid groups (broad SMARTS) is 1. The topological polar surface area (TPSA) is 77.8 Å². The zero-order valence-electron chi connectivity index (χ0n) is 16.1. The molecule has 148 valence electrons. The Balaban J connectivity index is 3.65. The quantitative estimate of drug-likeness (QED) is 0.139. The largest absolute Gasteiger partial charge is 0.508 e. The number of allylic oxidation sites excluding steroid dienone is 6. The Morgan fingerprint density at radius 3 is 2.19 bits per heavy atom. The highest BCUT2D eigenvalue weighted by Gasteiger charge is 2.03. The summed E-state index contributed by atoms with van der Waals surface area (Å²) in [4.78, 5) is 10.3. The van der Waals surface area contributed by atoms with E-state index in [1.165, 1.54) is 44.3 Å². The van der Waals surface area contributed by atoms with E-state index in [1.54, 1.807) is 18.2 Å². The number of carboxylic acids is 1. The van der Waals surface area contributed by atoms with E-state index in [-0.39, 0.29) is 11.9 Å². The number of hydrogen-bond donors (Lipinski definition) is 3. The van der Waals surface area contributed by atoms with Gasteiger partial charge in [-0.15, -0.1) is 0 Å². The van der Waals surface area contributed by atoms with Crippen LogP contribution in [0.15, 0.2) is 48.3 Å². The summed E-state index contributed by atoms with van der Waals surface area (Å²) in [6, 6.07) is 0. The molecule has 0 rings (SSSR count). The standard InChI is InChI=1S/C22H36O4/c1-2-3-4-5-6-10-15-20(23)16-11-7-8-12-17-21(24)18-13-9-14-19-22(25)26/h9,12-14,17-20,23-24H,2-8,10-11,15-16H2,1H3,(H,25,26). The molecule has 0 fully saturated rings. The van der Waals surface area contributed by atoms with Gasteiger partial charge in [-0.1, -0.05) is 76.2 Å². The van der Waals surface area contributed by atoms with Gasteiger partial charge in [0.05, 0.1) is 6.10 Å². The molecule has 0 aromatic rings. The molecule has 0 spiro atoms. The maximum atomic E-state index is 10.3. The molecule has 0 amide bonds. The summed E-state index contributed by atoms with van der Waals surface area (Å²) < 4.78 is 0. The van der Waals surface area contributed by atoms with Gasteiger partial charge in [0.25, 0.3) is 0 Å². The highest BCUT2D eigenvalue weighted by atomic mass is 16.4. The van der Waals surface area contributed by atoms with Crippen molar-refractivity contribution in [2.24, 2.45) is 0 Å². The minimum absolute atomic E-state index is 0.132. The van der Waals surface area contributed by atoms with Crippen LogP contribution in [0.3, 0.4) is 0 Å². The lowest BCUT2D eigenvalue weighted by molar-refractivity contribution is -0.131. The van der Waals surface area contributed by atoms with Crippen molar-refractivity contribution >= 4 is 5.97 Å². The lowest BCUT2D eigenvalue weighted by Crippen LogP contribution is -2.05. The van der Waals surface area contributed by atoms with Crippen LogP contribution in [0, 0.1) is 0 Å². The smallest absolute Gasteiger partial charge is 0.328 e. The third kappa shape index (κ3) is 18.5. The van der Waals surface area contributed by atoms with Crippen LogP contribution < -0.4 is 0 Å². The average molecular weight is 365 g/mol. The van der Waals surface area contributed by atoms with Crippen molar-refractivity contribution in [2.75, 3.05) is 0 Å². The molecule has 26 heavy (non-hydrogen) atoms. The molecule has 4 nitrogen and oxygen atoms in total. The molecular formula is C22H36O4. The van der Waals surface area contributed by atoms with E-state index >= 15 is 0 Å². The SMILES string of the molecule is CCCCCCCCC(O)CCCCC=CC(O)=CC=CC=CC(=O)O. The van der Waals surface area contributed by atoms with E-state index in [9.17, 15) is 15.0 Å². The van der Waals surface area contributed by atoms with Gasteiger partial charge in [-0.2, -0.15) is 0 Å². The van der Waals surface area contributed by atoms with E-state index < -0.39 is 5.97 Å². The first-order valence-electron chi connectivity index (χ1n) is 9.87. The number of hydrogen-bond acceptors (Lipinski definition) is 3. The highest BCUT2D eigenvalue weighted by molar-refractivity contribution is 5.80. The van der Waals surface area contributed by atoms with Crippen LogP contribution in [-0.2, 0) is 4.79 Å². The van der Waals surface area contributed by atoms with Crippen molar-refractivity contribution in [1.29, 1.82) is 0 Å². The maximum absolute atomic E-state index is 10.3. The van der Waals surface area contributed by atoms with Crippen molar-refractivity contribution in [3.05, 3.63) is 48.3 Å². The Morgan fingerprint density at radius 2 is 1.50 bits per heavy atom. The predicted octanol–water partition coefficient (Wildman–Crippen LogP) is 5.85. The predicted molar refractivity (Wildman–Crippen MR) is 108 cm³/mol. The van der Waals surface area contributed by atoms with Gasteiger partial charge in [0.2, 0.25) is 0 Å². The zero-order chi connectivity index (χ0) is 19.5. The van der Waals surface area contributed by atoms with Crippen molar-refractivity contribution in [3.63, 3.8) is 0 Å². The summed E-state index contributed by atoms with van der Waals surface area (Å²) in [7, 11) is 0. The van der Waals surface area contributed by atoms with Gasteiger partial charge in [-0.25, -0.2) is 4.79 Å². The van der Waals surface area contributed by atoms with Gasteiger partial charge in [0.1, 0.15) is 5.76 Å². The minimum atomic E-state index is -1.00. The van der Waals surface area contributed by atoms with Crippen LogP contribution in [0.25, 0.3) is 0 Å². The Morgan fingerprint density at radius 1 is 0.846 bits per heavy atom. The molecule has 0 heterocycles. The fourth-order valence-electron chi connectivity index (χ4n) is 2.56. The third-order valence-electron chi connectivity index (χ3n) is 4.07. The molecule has 0 aromatic heterocycles. The second kappa shape index (κ2) is 18.0. The first-order chi connectivity index (χ1) is 12.6. The van der Waals surface area contributed by atoms with Crippen LogP contribution in [-0.4, -0.2) is 27.4 Å². The molecular weight excluding hydrogens is 328 g/mol. The second-order valence-corrected chi connectivity index (χ2v) is 6.57. The second-order valence-electron chi connectivity index (χ2n) is 6.57. The van der Waals surface area contributed by atoms with Crippen LogP contribution in [0.5, 0.6) is 0 Å². The van der Waals surface area contributed by atoms with Gasteiger partial charge < -0.3 is 15.3 Å². The Labute approximate surface area is 158 Å². The molecule has 3 N–H and O–H groups in total. The van der Waals surface area contributed by atoms with Crippen LogP contribution in [0.1, 0.15) is 77.6 Å². The Hall–Kier alpha value is -1.81. The number of rotatable bonds is 16. The van der Waals surface area contributed by atoms with E-state index in [2.05, 4.69) is 6.92 Å². The van der Waals surface area contributed by atoms with Crippen molar-refractivity contribution in [2.45, 2.75) is 83.7 Å². The molecule has 0 aliphatic heterocycles.